The molecule has 3 nitrogen and oxygen atoms in total. The molecule has 1 unspecified atom stereocenters. The molecule has 1 aromatic rings. The summed E-state index contributed by atoms with van der Waals surface area (Å²) in [6.45, 7) is 2.79. The van der Waals surface area contributed by atoms with Gasteiger partial charge in [-0.05, 0) is 18.6 Å². The molecule has 2 rings (SSSR count). The number of carbonyl (C=O) groups excluding carboxylic acids is 1. The number of benzene rings is 1. The van der Waals surface area contributed by atoms with Crippen molar-refractivity contribution in [2.75, 3.05) is 6.54 Å². The lowest BCUT2D eigenvalue weighted by Crippen LogP contribution is -2.28. The molecule has 0 aromatic heterocycles. The minimum absolute atomic E-state index is 0.0516. The fourth-order valence-electron chi connectivity index (χ4n) is 1.51. The van der Waals surface area contributed by atoms with E-state index in [-0.39, 0.29) is 5.56 Å². The second-order valence-corrected chi connectivity index (χ2v) is 5.02. The number of rotatable bonds is 2. The Balaban J connectivity index is 2.01. The summed E-state index contributed by atoms with van der Waals surface area (Å²) in [5.74, 6) is -0.952. The molecule has 0 bridgehead atoms. The van der Waals surface area contributed by atoms with Crippen LogP contribution in [0.15, 0.2) is 29.3 Å². The topological polar surface area (TPSA) is 41.5 Å². The number of aliphatic imine (C=N–C) groups is 1. The highest BCUT2D eigenvalue weighted by Gasteiger charge is 2.20. The number of thioether (sulfide) groups is 1. The number of hydrogen-bond acceptors (Lipinski definition) is 3. The van der Waals surface area contributed by atoms with Crippen LogP contribution in [-0.4, -0.2) is 22.9 Å². The summed E-state index contributed by atoms with van der Waals surface area (Å²) in [5, 5.41) is 3.64. The molecule has 90 valence electrons. The SMILES string of the molecule is CCC1CN=C(NC(=O)c2ccccc2F)S1. The summed E-state index contributed by atoms with van der Waals surface area (Å²) in [4.78, 5) is 16.0. The minimum atomic E-state index is -0.513. The summed E-state index contributed by atoms with van der Waals surface area (Å²) in [6, 6.07) is 5.92. The molecule has 0 saturated carbocycles. The second kappa shape index (κ2) is 5.31. The molecule has 0 radical (unpaired) electrons. The van der Waals surface area contributed by atoms with Crippen LogP contribution in [0.5, 0.6) is 0 Å². The fourth-order valence-corrected chi connectivity index (χ4v) is 2.44. The maximum atomic E-state index is 13.3. The lowest BCUT2D eigenvalue weighted by atomic mass is 10.2. The third-order valence-corrected chi connectivity index (χ3v) is 3.78. The molecule has 17 heavy (non-hydrogen) atoms. The predicted octanol–water partition coefficient (Wildman–Crippen LogP) is 2.44. The largest absolute Gasteiger partial charge is 0.301 e. The van der Waals surface area contributed by atoms with E-state index >= 15 is 0 Å². The molecule has 1 aromatic carbocycles. The van der Waals surface area contributed by atoms with Gasteiger partial charge in [0.15, 0.2) is 5.17 Å². The van der Waals surface area contributed by atoms with E-state index in [2.05, 4.69) is 17.2 Å². The number of amidine groups is 1. The van der Waals surface area contributed by atoms with Crippen LogP contribution in [0.4, 0.5) is 4.39 Å². The molecule has 0 aliphatic carbocycles. The van der Waals surface area contributed by atoms with Gasteiger partial charge in [0.25, 0.3) is 5.91 Å². The van der Waals surface area contributed by atoms with E-state index in [1.807, 2.05) is 0 Å². The van der Waals surface area contributed by atoms with E-state index in [0.717, 1.165) is 6.42 Å². The van der Waals surface area contributed by atoms with Crippen molar-refractivity contribution in [3.8, 4) is 0 Å². The monoisotopic (exact) mass is 252 g/mol. The predicted molar refractivity (Wildman–Crippen MR) is 67.8 cm³/mol. The van der Waals surface area contributed by atoms with Crippen molar-refractivity contribution in [3.63, 3.8) is 0 Å². The molecule has 1 atom stereocenters. The van der Waals surface area contributed by atoms with Gasteiger partial charge in [0.05, 0.1) is 12.1 Å². The van der Waals surface area contributed by atoms with Crippen molar-refractivity contribution in [3.05, 3.63) is 35.6 Å². The van der Waals surface area contributed by atoms with Gasteiger partial charge in [0, 0.05) is 5.25 Å². The Morgan fingerprint density at radius 1 is 1.59 bits per heavy atom. The normalized spacial score (nSPS) is 18.9. The molecular weight excluding hydrogens is 239 g/mol. The first kappa shape index (κ1) is 12.1. The van der Waals surface area contributed by atoms with Crippen molar-refractivity contribution in [1.82, 2.24) is 5.32 Å². The molecule has 1 N–H and O–H groups in total. The van der Waals surface area contributed by atoms with E-state index < -0.39 is 11.7 Å². The van der Waals surface area contributed by atoms with Gasteiger partial charge in [-0.3, -0.25) is 9.79 Å². The zero-order valence-corrected chi connectivity index (χ0v) is 10.3. The van der Waals surface area contributed by atoms with Crippen molar-refractivity contribution in [2.45, 2.75) is 18.6 Å². The molecule has 1 aliphatic rings. The Morgan fingerprint density at radius 3 is 3.00 bits per heavy atom. The maximum absolute atomic E-state index is 13.3. The Morgan fingerprint density at radius 2 is 2.35 bits per heavy atom. The van der Waals surface area contributed by atoms with Crippen LogP contribution in [0, 0.1) is 5.82 Å². The molecular formula is C12H13FN2OS. The molecule has 5 heteroatoms. The first-order valence-electron chi connectivity index (χ1n) is 5.47. The zero-order valence-electron chi connectivity index (χ0n) is 9.44. The first-order chi connectivity index (χ1) is 8.20. The van der Waals surface area contributed by atoms with E-state index in [0.29, 0.717) is 17.0 Å². The van der Waals surface area contributed by atoms with Crippen LogP contribution in [-0.2, 0) is 0 Å². The van der Waals surface area contributed by atoms with E-state index in [1.165, 1.54) is 23.9 Å². The van der Waals surface area contributed by atoms with Crippen LogP contribution in [0.3, 0.4) is 0 Å². The van der Waals surface area contributed by atoms with Gasteiger partial charge in [-0.15, -0.1) is 0 Å². The van der Waals surface area contributed by atoms with Crippen molar-refractivity contribution >= 4 is 22.8 Å². The number of nitrogens with zero attached hydrogens (tertiary/aromatic N) is 1. The summed E-state index contributed by atoms with van der Waals surface area (Å²) >= 11 is 1.54. The van der Waals surface area contributed by atoms with Crippen LogP contribution < -0.4 is 5.32 Å². The second-order valence-electron chi connectivity index (χ2n) is 3.73. The highest BCUT2D eigenvalue weighted by atomic mass is 32.2. The molecule has 0 fully saturated rings. The molecule has 0 spiro atoms. The number of amides is 1. The van der Waals surface area contributed by atoms with Gasteiger partial charge in [0.2, 0.25) is 0 Å². The molecule has 1 heterocycles. The number of carbonyl (C=O) groups is 1. The summed E-state index contributed by atoms with van der Waals surface area (Å²) in [7, 11) is 0. The number of hydrogen-bond donors (Lipinski definition) is 1. The van der Waals surface area contributed by atoms with Gasteiger partial charge < -0.3 is 5.32 Å². The van der Waals surface area contributed by atoms with Gasteiger partial charge in [-0.2, -0.15) is 0 Å². The van der Waals surface area contributed by atoms with Crippen molar-refractivity contribution < 1.29 is 9.18 Å². The fraction of sp³-hybridized carbons (Fsp3) is 0.333. The van der Waals surface area contributed by atoms with Gasteiger partial charge in [0.1, 0.15) is 5.82 Å². The van der Waals surface area contributed by atoms with Gasteiger partial charge in [-0.25, -0.2) is 4.39 Å². The van der Waals surface area contributed by atoms with E-state index in [1.54, 1.807) is 12.1 Å². The number of halogens is 1. The average molecular weight is 252 g/mol. The van der Waals surface area contributed by atoms with E-state index in [9.17, 15) is 9.18 Å². The van der Waals surface area contributed by atoms with Crippen molar-refractivity contribution in [2.24, 2.45) is 4.99 Å². The maximum Gasteiger partial charge on any atom is 0.260 e. The Bertz CT molecular complexity index is 462. The first-order valence-corrected chi connectivity index (χ1v) is 6.35. The minimum Gasteiger partial charge on any atom is -0.301 e. The molecule has 1 aliphatic heterocycles. The number of nitrogens with one attached hydrogen (secondary N) is 1. The standard InChI is InChI=1S/C12H13FN2OS/c1-2-8-7-14-12(17-8)15-11(16)9-5-3-4-6-10(9)13/h3-6,8H,2,7H2,1H3,(H,14,15,16). The van der Waals surface area contributed by atoms with Crippen molar-refractivity contribution in [1.29, 1.82) is 0 Å². The Kier molecular flexibility index (Phi) is 3.78. The highest BCUT2D eigenvalue weighted by molar-refractivity contribution is 8.14. The highest BCUT2D eigenvalue weighted by Crippen LogP contribution is 2.22. The molecule has 1 amide bonds. The summed E-state index contributed by atoms with van der Waals surface area (Å²) in [5.41, 5.74) is 0.0516. The van der Waals surface area contributed by atoms with Gasteiger partial charge >= 0.3 is 0 Å². The van der Waals surface area contributed by atoms with E-state index in [4.69, 9.17) is 0 Å². The Labute approximate surface area is 104 Å². The quantitative estimate of drug-likeness (QED) is 0.878. The summed E-state index contributed by atoms with van der Waals surface area (Å²) in [6.07, 6.45) is 1.01. The third kappa shape index (κ3) is 2.85. The average Bonchev–Trinajstić information content (AvgIpc) is 2.77. The molecule has 0 saturated heterocycles. The zero-order chi connectivity index (χ0) is 12.3. The third-order valence-electron chi connectivity index (χ3n) is 2.51. The van der Waals surface area contributed by atoms with Crippen LogP contribution in [0.1, 0.15) is 23.7 Å². The van der Waals surface area contributed by atoms with Crippen LogP contribution >= 0.6 is 11.8 Å². The summed E-state index contributed by atoms with van der Waals surface area (Å²) < 4.78 is 13.3. The Hall–Kier alpha value is -1.36. The van der Waals surface area contributed by atoms with Crippen LogP contribution in [0.25, 0.3) is 0 Å². The van der Waals surface area contributed by atoms with Crippen LogP contribution in [0.2, 0.25) is 0 Å². The lowest BCUT2D eigenvalue weighted by Gasteiger charge is -2.06. The smallest absolute Gasteiger partial charge is 0.260 e. The van der Waals surface area contributed by atoms with Gasteiger partial charge in [-0.1, -0.05) is 30.8 Å². The lowest BCUT2D eigenvalue weighted by molar-refractivity contribution is 0.0974.